The number of allylic oxidation sites excluding steroid dienone is 1. The third-order valence-electron chi connectivity index (χ3n) is 9.44. The van der Waals surface area contributed by atoms with Gasteiger partial charge in [0.1, 0.15) is 35.7 Å². The van der Waals surface area contributed by atoms with Crippen LogP contribution in [0.3, 0.4) is 0 Å². The number of nitrogens with two attached hydrogens (primary N) is 1. The molecule has 13 heteroatoms. The van der Waals surface area contributed by atoms with Crippen molar-refractivity contribution in [3.05, 3.63) is 104 Å². The number of phenolic OH excluding ortho intramolecular Hbond substituents is 1. The first-order chi connectivity index (χ1) is 24.1. The Bertz CT molecular complexity index is 1790. The number of halogens is 3. The van der Waals surface area contributed by atoms with Gasteiger partial charge in [-0.3, -0.25) is 9.80 Å². The van der Waals surface area contributed by atoms with Crippen LogP contribution in [-0.2, 0) is 16.0 Å². The van der Waals surface area contributed by atoms with Gasteiger partial charge in [-0.25, -0.2) is 9.59 Å². The summed E-state index contributed by atoms with van der Waals surface area (Å²) < 4.78 is 23.1. The SMILES string of the molecule is COc1ccc([C@H](CC2=C(Cl)C[NH2+]C=C2Cl)OC(=O)c2ccc(CN(C(=O)O[C@H]3CN4CCC3CC4)c3cccc(O)c3Cl)cc2)cc1OC. The van der Waals surface area contributed by atoms with Crippen LogP contribution in [0.4, 0.5) is 10.5 Å². The number of quaternary nitrogens is 1. The fourth-order valence-electron chi connectivity index (χ4n) is 6.62. The van der Waals surface area contributed by atoms with Crippen LogP contribution in [0.5, 0.6) is 17.2 Å². The lowest BCUT2D eigenvalue weighted by Gasteiger charge is -2.44. The molecule has 0 saturated carbocycles. The van der Waals surface area contributed by atoms with E-state index in [9.17, 15) is 14.7 Å². The van der Waals surface area contributed by atoms with E-state index in [2.05, 4.69) is 4.90 Å². The number of benzene rings is 3. The highest BCUT2D eigenvalue weighted by Gasteiger charge is 2.38. The van der Waals surface area contributed by atoms with Crippen molar-refractivity contribution in [2.75, 3.05) is 45.3 Å². The molecular formula is C37H39Cl3N3O7+. The Labute approximate surface area is 306 Å². The zero-order chi connectivity index (χ0) is 35.4. The standard InChI is InChI=1S/C37H38Cl3N3O7/c1-47-31-11-10-25(16-33(31)48-2)32(17-26-27(38)18-41-19-28(26)39)49-36(45)24-8-6-22(7-9-24)20-43(29-4-3-5-30(44)35(29)40)37(46)50-34-21-42-14-12-23(34)13-15-42/h3-11,16,18,23,32,34,41,44H,12-15,17,19-21H2,1-2H3/p+1/t32-,34-/m0/s1. The molecule has 7 rings (SSSR count). The number of hydrogen-bond acceptors (Lipinski definition) is 8. The maximum atomic E-state index is 13.7. The molecule has 4 heterocycles. The molecule has 264 valence electrons. The topological polar surface area (TPSA) is 114 Å². The lowest BCUT2D eigenvalue weighted by molar-refractivity contribution is -0.580. The molecule has 1 amide bonds. The lowest BCUT2D eigenvalue weighted by Crippen LogP contribution is -2.79. The van der Waals surface area contributed by atoms with E-state index in [1.54, 1.807) is 67.9 Å². The molecule has 3 aromatic carbocycles. The van der Waals surface area contributed by atoms with Crippen molar-refractivity contribution >= 4 is 52.6 Å². The molecule has 0 aromatic heterocycles. The molecule has 3 fully saturated rings. The van der Waals surface area contributed by atoms with Crippen LogP contribution in [0.25, 0.3) is 0 Å². The van der Waals surface area contributed by atoms with Crippen molar-refractivity contribution < 1.29 is 39.0 Å². The van der Waals surface area contributed by atoms with Crippen molar-refractivity contribution in [3.63, 3.8) is 0 Å². The normalized spacial score (nSPS) is 20.5. The maximum absolute atomic E-state index is 13.7. The smallest absolute Gasteiger partial charge is 0.414 e. The van der Waals surface area contributed by atoms with Gasteiger partial charge in [0.05, 0.1) is 42.1 Å². The summed E-state index contributed by atoms with van der Waals surface area (Å²) in [4.78, 5) is 31.1. The maximum Gasteiger partial charge on any atom is 0.414 e. The Hall–Kier alpha value is -3.93. The van der Waals surface area contributed by atoms with Gasteiger partial charge in [-0.1, -0.05) is 59.1 Å². The highest BCUT2D eigenvalue weighted by atomic mass is 35.5. The minimum Gasteiger partial charge on any atom is -0.506 e. The Morgan fingerprint density at radius 1 is 1.00 bits per heavy atom. The number of aromatic hydroxyl groups is 1. The summed E-state index contributed by atoms with van der Waals surface area (Å²) in [5.74, 6) is 0.622. The van der Waals surface area contributed by atoms with Crippen LogP contribution >= 0.6 is 34.8 Å². The van der Waals surface area contributed by atoms with Gasteiger partial charge in [0.15, 0.2) is 11.5 Å². The summed E-state index contributed by atoms with van der Waals surface area (Å²) in [7, 11) is 3.08. The molecular weight excluding hydrogens is 705 g/mol. The van der Waals surface area contributed by atoms with E-state index < -0.39 is 18.2 Å². The molecule has 0 unspecified atom stereocenters. The van der Waals surface area contributed by atoms with E-state index in [0.29, 0.717) is 68.5 Å². The van der Waals surface area contributed by atoms with E-state index >= 15 is 0 Å². The van der Waals surface area contributed by atoms with Gasteiger partial charge in [-0.15, -0.1) is 0 Å². The molecule has 3 saturated heterocycles. The Morgan fingerprint density at radius 2 is 1.74 bits per heavy atom. The van der Waals surface area contributed by atoms with Crippen LogP contribution in [0.1, 0.15) is 46.9 Å². The molecule has 2 bridgehead atoms. The number of fused-ring (bicyclic) bond motifs is 3. The van der Waals surface area contributed by atoms with E-state index in [1.807, 2.05) is 5.32 Å². The largest absolute Gasteiger partial charge is 0.506 e. The first kappa shape index (κ1) is 35.9. The van der Waals surface area contributed by atoms with Gasteiger partial charge in [0, 0.05) is 18.5 Å². The van der Waals surface area contributed by atoms with Crippen LogP contribution in [-0.4, -0.2) is 68.6 Å². The number of piperidine rings is 3. The lowest BCUT2D eigenvalue weighted by atomic mass is 9.86. The second-order valence-electron chi connectivity index (χ2n) is 12.5. The van der Waals surface area contributed by atoms with E-state index in [0.717, 1.165) is 25.9 Å². The van der Waals surface area contributed by atoms with Gasteiger partial charge < -0.3 is 29.4 Å². The Kier molecular flexibility index (Phi) is 11.4. The predicted octanol–water partition coefficient (Wildman–Crippen LogP) is 6.74. The van der Waals surface area contributed by atoms with E-state index in [4.69, 9.17) is 53.8 Å². The molecule has 3 N–H and O–H groups in total. The number of methoxy groups -OCH3 is 2. The molecule has 4 aliphatic heterocycles. The predicted molar refractivity (Wildman–Crippen MR) is 191 cm³/mol. The highest BCUT2D eigenvalue weighted by Crippen LogP contribution is 2.39. The first-order valence-electron chi connectivity index (χ1n) is 16.4. The van der Waals surface area contributed by atoms with Crippen molar-refractivity contribution in [1.82, 2.24) is 4.90 Å². The first-order valence-corrected chi connectivity index (χ1v) is 17.5. The summed E-state index contributed by atoms with van der Waals surface area (Å²) in [6, 6.07) is 16.8. The molecule has 0 radical (unpaired) electrons. The van der Waals surface area contributed by atoms with Crippen LogP contribution < -0.4 is 19.7 Å². The number of esters is 1. The molecule has 4 aliphatic rings. The number of rotatable bonds is 11. The molecule has 50 heavy (non-hydrogen) atoms. The number of carbonyl (C=O) groups excluding carboxylic acids is 2. The molecule has 2 atom stereocenters. The molecule has 3 aromatic rings. The number of anilines is 1. The highest BCUT2D eigenvalue weighted by molar-refractivity contribution is 6.36. The third kappa shape index (κ3) is 8.00. The Morgan fingerprint density at radius 3 is 2.40 bits per heavy atom. The molecule has 10 nitrogen and oxygen atoms in total. The zero-order valence-corrected chi connectivity index (χ0v) is 30.0. The van der Waals surface area contributed by atoms with E-state index in [-0.39, 0.29) is 29.8 Å². The quantitative estimate of drug-likeness (QED) is 0.208. The summed E-state index contributed by atoms with van der Waals surface area (Å²) >= 11 is 19.6. The molecule has 0 spiro atoms. The zero-order valence-electron chi connectivity index (χ0n) is 27.7. The number of amides is 1. The third-order valence-corrected chi connectivity index (χ3v) is 10.6. The summed E-state index contributed by atoms with van der Waals surface area (Å²) in [6.45, 7) is 3.34. The Balaban J connectivity index is 1.22. The van der Waals surface area contributed by atoms with Gasteiger partial charge in [-0.05, 0) is 79.4 Å². The second kappa shape index (κ2) is 16.0. The minimum absolute atomic E-state index is 0.0424. The minimum atomic E-state index is -0.754. The average Bonchev–Trinajstić information content (AvgIpc) is 3.13. The van der Waals surface area contributed by atoms with Crippen LogP contribution in [0.15, 0.2) is 82.5 Å². The number of carbonyl (C=O) groups is 2. The van der Waals surface area contributed by atoms with Crippen molar-refractivity contribution in [3.8, 4) is 17.2 Å². The van der Waals surface area contributed by atoms with Crippen LogP contribution in [0.2, 0.25) is 5.02 Å². The van der Waals surface area contributed by atoms with E-state index in [1.165, 1.54) is 18.1 Å². The second-order valence-corrected chi connectivity index (χ2v) is 13.7. The van der Waals surface area contributed by atoms with Gasteiger partial charge >= 0.3 is 12.1 Å². The molecule has 0 aliphatic carbocycles. The van der Waals surface area contributed by atoms with Crippen molar-refractivity contribution in [2.24, 2.45) is 5.92 Å². The number of nitrogens with zero attached hydrogens (tertiary/aromatic N) is 2. The van der Waals surface area contributed by atoms with Gasteiger partial charge in [-0.2, -0.15) is 0 Å². The van der Waals surface area contributed by atoms with Crippen molar-refractivity contribution in [1.29, 1.82) is 0 Å². The van der Waals surface area contributed by atoms with Gasteiger partial charge in [0.2, 0.25) is 0 Å². The number of phenols is 1. The number of ether oxygens (including phenoxy) is 4. The average molecular weight is 744 g/mol. The van der Waals surface area contributed by atoms with Crippen LogP contribution in [0, 0.1) is 5.92 Å². The summed E-state index contributed by atoms with van der Waals surface area (Å²) in [6.07, 6.45) is 2.47. The summed E-state index contributed by atoms with van der Waals surface area (Å²) in [5, 5.41) is 13.3. The fourth-order valence-corrected chi connectivity index (χ4v) is 7.45. The van der Waals surface area contributed by atoms with Crippen molar-refractivity contribution in [2.45, 2.75) is 38.0 Å². The summed E-state index contributed by atoms with van der Waals surface area (Å²) in [5.41, 5.74) is 2.68. The van der Waals surface area contributed by atoms with Gasteiger partial charge in [0.25, 0.3) is 0 Å². The monoisotopic (exact) mass is 742 g/mol. The fraction of sp³-hybridized carbons (Fsp3) is 0.351. The number of hydrogen-bond donors (Lipinski definition) is 2.